The molecule has 0 amide bonds. The summed E-state index contributed by atoms with van der Waals surface area (Å²) in [6.07, 6.45) is 11.0. The number of rotatable bonds is 3. The SMILES string of the molecule is CCC(C)(C)C(=O)OC1(C)CCC2(CCCCC2)C1. The molecule has 0 aromatic rings. The molecule has 1 unspecified atom stereocenters. The van der Waals surface area contributed by atoms with Gasteiger partial charge in [-0.3, -0.25) is 4.79 Å². The number of ether oxygens (including phenoxy) is 1. The van der Waals surface area contributed by atoms with Gasteiger partial charge in [0, 0.05) is 0 Å². The van der Waals surface area contributed by atoms with Crippen LogP contribution in [0.1, 0.15) is 85.5 Å². The fraction of sp³-hybridized carbons (Fsp3) is 0.941. The van der Waals surface area contributed by atoms with Gasteiger partial charge in [-0.2, -0.15) is 0 Å². The van der Waals surface area contributed by atoms with Crippen LogP contribution in [-0.4, -0.2) is 11.6 Å². The number of carbonyl (C=O) groups excluding carboxylic acids is 1. The summed E-state index contributed by atoms with van der Waals surface area (Å²) in [6.45, 7) is 8.19. The van der Waals surface area contributed by atoms with Crippen LogP contribution in [0.5, 0.6) is 0 Å². The van der Waals surface area contributed by atoms with Crippen LogP contribution in [0.2, 0.25) is 0 Å². The van der Waals surface area contributed by atoms with Gasteiger partial charge in [0.25, 0.3) is 0 Å². The van der Waals surface area contributed by atoms with E-state index in [0.717, 1.165) is 19.3 Å². The van der Waals surface area contributed by atoms with Crippen molar-refractivity contribution in [2.24, 2.45) is 10.8 Å². The molecule has 110 valence electrons. The fourth-order valence-corrected chi connectivity index (χ4v) is 3.82. The molecule has 1 spiro atoms. The highest BCUT2D eigenvalue weighted by Gasteiger charge is 2.48. The van der Waals surface area contributed by atoms with Crippen molar-refractivity contribution in [3.8, 4) is 0 Å². The maximum absolute atomic E-state index is 12.3. The molecule has 0 aromatic carbocycles. The van der Waals surface area contributed by atoms with Gasteiger partial charge in [-0.05, 0) is 64.7 Å². The summed E-state index contributed by atoms with van der Waals surface area (Å²) in [7, 11) is 0. The van der Waals surface area contributed by atoms with E-state index in [4.69, 9.17) is 4.74 Å². The zero-order chi connectivity index (χ0) is 14.1. The van der Waals surface area contributed by atoms with E-state index in [0.29, 0.717) is 5.41 Å². The zero-order valence-corrected chi connectivity index (χ0v) is 13.2. The van der Waals surface area contributed by atoms with Crippen molar-refractivity contribution in [2.45, 2.75) is 91.1 Å². The van der Waals surface area contributed by atoms with E-state index in [2.05, 4.69) is 13.8 Å². The predicted molar refractivity (Wildman–Crippen MR) is 77.9 cm³/mol. The van der Waals surface area contributed by atoms with E-state index in [9.17, 15) is 4.79 Å². The van der Waals surface area contributed by atoms with Gasteiger partial charge in [0.05, 0.1) is 5.41 Å². The average molecular weight is 266 g/mol. The minimum absolute atomic E-state index is 0.00893. The molecule has 2 fully saturated rings. The van der Waals surface area contributed by atoms with Crippen molar-refractivity contribution in [3.63, 3.8) is 0 Å². The van der Waals surface area contributed by atoms with Gasteiger partial charge in [0.15, 0.2) is 0 Å². The van der Waals surface area contributed by atoms with Crippen LogP contribution in [0, 0.1) is 10.8 Å². The lowest BCUT2D eigenvalue weighted by Gasteiger charge is -2.36. The predicted octanol–water partition coefficient (Wildman–Crippen LogP) is 4.86. The van der Waals surface area contributed by atoms with E-state index < -0.39 is 0 Å². The van der Waals surface area contributed by atoms with Crippen LogP contribution >= 0.6 is 0 Å². The normalized spacial score (nSPS) is 30.5. The Morgan fingerprint density at radius 2 is 1.74 bits per heavy atom. The van der Waals surface area contributed by atoms with Crippen molar-refractivity contribution in [3.05, 3.63) is 0 Å². The third kappa shape index (κ3) is 3.14. The Balaban J connectivity index is 1.99. The standard InChI is InChI=1S/C17H30O2/c1-5-15(2,3)14(18)19-16(4)11-12-17(13-16)9-7-6-8-10-17/h5-13H2,1-4H3. The van der Waals surface area contributed by atoms with Gasteiger partial charge in [0.1, 0.15) is 5.60 Å². The van der Waals surface area contributed by atoms with Crippen molar-refractivity contribution in [2.75, 3.05) is 0 Å². The molecular formula is C17H30O2. The number of hydrogen-bond acceptors (Lipinski definition) is 2. The summed E-state index contributed by atoms with van der Waals surface area (Å²) in [4.78, 5) is 12.3. The molecular weight excluding hydrogens is 236 g/mol. The molecule has 2 rings (SSSR count). The smallest absolute Gasteiger partial charge is 0.312 e. The van der Waals surface area contributed by atoms with Crippen molar-refractivity contribution < 1.29 is 9.53 Å². The summed E-state index contributed by atoms with van der Waals surface area (Å²) in [6, 6.07) is 0. The van der Waals surface area contributed by atoms with Gasteiger partial charge in [-0.25, -0.2) is 0 Å². The largest absolute Gasteiger partial charge is 0.459 e. The molecule has 2 saturated carbocycles. The first-order chi connectivity index (χ1) is 8.81. The van der Waals surface area contributed by atoms with Crippen LogP contribution in [0.4, 0.5) is 0 Å². The second-order valence-electron chi connectivity index (χ2n) is 7.81. The van der Waals surface area contributed by atoms with Gasteiger partial charge in [-0.15, -0.1) is 0 Å². The van der Waals surface area contributed by atoms with E-state index in [1.807, 2.05) is 13.8 Å². The van der Waals surface area contributed by atoms with Crippen molar-refractivity contribution in [1.82, 2.24) is 0 Å². The molecule has 2 aliphatic carbocycles. The molecule has 0 aromatic heterocycles. The van der Waals surface area contributed by atoms with Crippen LogP contribution in [0.3, 0.4) is 0 Å². The zero-order valence-electron chi connectivity index (χ0n) is 13.2. The quantitative estimate of drug-likeness (QED) is 0.682. The van der Waals surface area contributed by atoms with E-state index >= 15 is 0 Å². The number of carbonyl (C=O) groups is 1. The first-order valence-corrected chi connectivity index (χ1v) is 8.04. The summed E-state index contributed by atoms with van der Waals surface area (Å²) >= 11 is 0. The highest BCUT2D eigenvalue weighted by Crippen LogP contribution is 2.54. The molecule has 0 N–H and O–H groups in total. The Hall–Kier alpha value is -0.530. The monoisotopic (exact) mass is 266 g/mol. The number of esters is 1. The topological polar surface area (TPSA) is 26.3 Å². The third-order valence-corrected chi connectivity index (χ3v) is 5.62. The molecule has 1 atom stereocenters. The molecule has 2 nitrogen and oxygen atoms in total. The van der Waals surface area contributed by atoms with Crippen LogP contribution in [0.15, 0.2) is 0 Å². The Morgan fingerprint density at radius 1 is 1.11 bits per heavy atom. The maximum Gasteiger partial charge on any atom is 0.312 e. The fourth-order valence-electron chi connectivity index (χ4n) is 3.82. The summed E-state index contributed by atoms with van der Waals surface area (Å²) in [5.41, 5.74) is -0.0597. The average Bonchev–Trinajstić information content (AvgIpc) is 2.67. The molecule has 0 aliphatic heterocycles. The first kappa shape index (κ1) is 14.9. The molecule has 0 radical (unpaired) electrons. The van der Waals surface area contributed by atoms with E-state index in [1.54, 1.807) is 0 Å². The third-order valence-electron chi connectivity index (χ3n) is 5.62. The molecule has 19 heavy (non-hydrogen) atoms. The molecule has 0 heterocycles. The Labute approximate surface area is 118 Å². The van der Waals surface area contributed by atoms with Gasteiger partial charge >= 0.3 is 5.97 Å². The minimum atomic E-state index is -0.342. The second-order valence-corrected chi connectivity index (χ2v) is 7.81. The lowest BCUT2D eigenvalue weighted by atomic mass is 9.72. The lowest BCUT2D eigenvalue weighted by Crippen LogP contribution is -2.37. The van der Waals surface area contributed by atoms with Gasteiger partial charge < -0.3 is 4.74 Å². The second kappa shape index (κ2) is 5.10. The van der Waals surface area contributed by atoms with Gasteiger partial charge in [-0.1, -0.05) is 26.2 Å². The Kier molecular flexibility index (Phi) is 3.99. The summed E-state index contributed by atoms with van der Waals surface area (Å²) in [5.74, 6) is -0.00893. The molecule has 2 aliphatic rings. The first-order valence-electron chi connectivity index (χ1n) is 8.04. The maximum atomic E-state index is 12.3. The summed E-state index contributed by atoms with van der Waals surface area (Å²) < 4.78 is 5.94. The van der Waals surface area contributed by atoms with Crippen LogP contribution in [0.25, 0.3) is 0 Å². The van der Waals surface area contributed by atoms with Crippen molar-refractivity contribution in [1.29, 1.82) is 0 Å². The van der Waals surface area contributed by atoms with Crippen molar-refractivity contribution >= 4 is 5.97 Å². The molecule has 2 heteroatoms. The van der Waals surface area contributed by atoms with Crippen LogP contribution < -0.4 is 0 Å². The number of hydrogen-bond donors (Lipinski definition) is 0. The Bertz CT molecular complexity index is 339. The summed E-state index contributed by atoms with van der Waals surface area (Å²) in [5, 5.41) is 0. The minimum Gasteiger partial charge on any atom is -0.459 e. The molecule has 0 bridgehead atoms. The highest BCUT2D eigenvalue weighted by molar-refractivity contribution is 5.76. The molecule has 0 saturated heterocycles. The van der Waals surface area contributed by atoms with E-state index in [1.165, 1.54) is 38.5 Å². The highest BCUT2D eigenvalue weighted by atomic mass is 16.6. The van der Waals surface area contributed by atoms with Gasteiger partial charge in [0.2, 0.25) is 0 Å². The Morgan fingerprint density at radius 3 is 2.32 bits per heavy atom. The van der Waals surface area contributed by atoms with Crippen LogP contribution in [-0.2, 0) is 9.53 Å². The van der Waals surface area contributed by atoms with E-state index in [-0.39, 0.29) is 17.0 Å². The lowest BCUT2D eigenvalue weighted by molar-refractivity contribution is -0.169.